The van der Waals surface area contributed by atoms with Crippen LogP contribution in [-0.4, -0.2) is 25.9 Å². The Labute approximate surface area is 176 Å². The standard InChI is InChI=1S/C21H18ClFN6O/c1-11-15(23)8-16-14(10-26-29(16)18-4-2-3-7-30-18)19(11)28-20(25)13(9-24)12-5-6-17(22)27-21(12)28/h5-6,8,10,18H,2-4,7,25H2,1H3. The summed E-state index contributed by atoms with van der Waals surface area (Å²) in [5.41, 5.74) is 8.49. The number of nitrogens with zero attached hydrogens (tertiary/aromatic N) is 5. The molecule has 4 aromatic rings. The van der Waals surface area contributed by atoms with Crippen LogP contribution in [0, 0.1) is 24.1 Å². The number of hydrogen-bond donors (Lipinski definition) is 1. The Bertz CT molecular complexity index is 1350. The van der Waals surface area contributed by atoms with Gasteiger partial charge < -0.3 is 10.5 Å². The average Bonchev–Trinajstić information content (AvgIpc) is 3.28. The lowest BCUT2D eigenvalue weighted by molar-refractivity contribution is -0.0366. The van der Waals surface area contributed by atoms with Crippen LogP contribution in [0.4, 0.5) is 10.2 Å². The Kier molecular flexibility index (Phi) is 4.38. The summed E-state index contributed by atoms with van der Waals surface area (Å²) >= 11 is 6.12. The van der Waals surface area contributed by atoms with Gasteiger partial charge in [0, 0.05) is 29.0 Å². The highest BCUT2D eigenvalue weighted by molar-refractivity contribution is 6.29. The molecule has 0 radical (unpaired) electrons. The third-order valence-corrected chi connectivity index (χ3v) is 5.86. The molecule has 5 rings (SSSR count). The van der Waals surface area contributed by atoms with E-state index in [9.17, 15) is 5.26 Å². The Morgan fingerprint density at radius 2 is 2.17 bits per heavy atom. The largest absolute Gasteiger partial charge is 0.384 e. The zero-order chi connectivity index (χ0) is 21.0. The van der Waals surface area contributed by atoms with Crippen LogP contribution in [0.1, 0.15) is 36.6 Å². The van der Waals surface area contributed by atoms with E-state index in [1.807, 2.05) is 0 Å². The summed E-state index contributed by atoms with van der Waals surface area (Å²) in [6.07, 6.45) is 4.27. The molecule has 9 heteroatoms. The Morgan fingerprint density at radius 3 is 2.90 bits per heavy atom. The monoisotopic (exact) mass is 424 g/mol. The normalized spacial score (nSPS) is 16.9. The zero-order valence-corrected chi connectivity index (χ0v) is 16.9. The molecule has 1 aromatic carbocycles. The van der Waals surface area contributed by atoms with Gasteiger partial charge in [-0.1, -0.05) is 11.6 Å². The fraction of sp³-hybridized carbons (Fsp3) is 0.286. The molecule has 1 unspecified atom stereocenters. The lowest BCUT2D eigenvalue weighted by Crippen LogP contribution is -2.19. The van der Waals surface area contributed by atoms with Gasteiger partial charge in [0.2, 0.25) is 0 Å². The molecule has 0 amide bonds. The summed E-state index contributed by atoms with van der Waals surface area (Å²) < 4.78 is 24.2. The molecule has 1 aliphatic heterocycles. The summed E-state index contributed by atoms with van der Waals surface area (Å²) in [7, 11) is 0. The number of nitrogens with two attached hydrogens (primary N) is 1. The second-order valence-electron chi connectivity index (χ2n) is 7.39. The number of hydrogen-bond acceptors (Lipinski definition) is 5. The van der Waals surface area contributed by atoms with Gasteiger partial charge in [0.25, 0.3) is 0 Å². The Morgan fingerprint density at radius 1 is 1.33 bits per heavy atom. The second-order valence-corrected chi connectivity index (χ2v) is 7.78. The maximum absolute atomic E-state index is 15.1. The van der Waals surface area contributed by atoms with Gasteiger partial charge >= 0.3 is 0 Å². The minimum Gasteiger partial charge on any atom is -0.384 e. The minimum absolute atomic E-state index is 0.180. The highest BCUT2D eigenvalue weighted by Gasteiger charge is 2.25. The lowest BCUT2D eigenvalue weighted by atomic mass is 10.1. The molecule has 1 fully saturated rings. The van der Waals surface area contributed by atoms with E-state index in [2.05, 4.69) is 16.2 Å². The predicted molar refractivity (Wildman–Crippen MR) is 112 cm³/mol. The van der Waals surface area contributed by atoms with E-state index in [1.165, 1.54) is 6.07 Å². The SMILES string of the molecule is Cc1c(F)cc2c(cnn2C2CCCCO2)c1-n1c(N)c(C#N)c2ccc(Cl)nc21. The highest BCUT2D eigenvalue weighted by Crippen LogP contribution is 2.37. The van der Waals surface area contributed by atoms with Crippen molar-refractivity contribution >= 4 is 39.4 Å². The molecule has 1 atom stereocenters. The van der Waals surface area contributed by atoms with Gasteiger partial charge in [0.05, 0.1) is 17.4 Å². The molecule has 2 N–H and O–H groups in total. The van der Waals surface area contributed by atoms with Crippen molar-refractivity contribution in [2.75, 3.05) is 12.3 Å². The fourth-order valence-electron chi connectivity index (χ4n) is 4.17. The van der Waals surface area contributed by atoms with Gasteiger partial charge in [-0.25, -0.2) is 14.1 Å². The lowest BCUT2D eigenvalue weighted by Gasteiger charge is -2.23. The average molecular weight is 425 g/mol. The van der Waals surface area contributed by atoms with E-state index >= 15 is 4.39 Å². The van der Waals surface area contributed by atoms with Crippen LogP contribution in [-0.2, 0) is 4.74 Å². The Balaban J connectivity index is 1.85. The van der Waals surface area contributed by atoms with Crippen LogP contribution in [0.15, 0.2) is 24.4 Å². The van der Waals surface area contributed by atoms with Crippen molar-refractivity contribution in [3.63, 3.8) is 0 Å². The first-order valence-corrected chi connectivity index (χ1v) is 10.0. The van der Waals surface area contributed by atoms with E-state index in [0.717, 1.165) is 19.3 Å². The maximum Gasteiger partial charge on any atom is 0.150 e. The second kappa shape index (κ2) is 6.97. The van der Waals surface area contributed by atoms with Crippen molar-refractivity contribution in [3.8, 4) is 11.8 Å². The van der Waals surface area contributed by atoms with E-state index in [0.29, 0.717) is 39.8 Å². The fourth-order valence-corrected chi connectivity index (χ4v) is 4.32. The quantitative estimate of drug-likeness (QED) is 0.473. The van der Waals surface area contributed by atoms with E-state index in [-0.39, 0.29) is 22.8 Å². The van der Waals surface area contributed by atoms with Crippen molar-refractivity contribution in [1.29, 1.82) is 5.26 Å². The third-order valence-electron chi connectivity index (χ3n) is 5.65. The number of nitriles is 1. The molecule has 1 saturated heterocycles. The first kappa shape index (κ1) is 18.9. The van der Waals surface area contributed by atoms with Crippen LogP contribution < -0.4 is 5.73 Å². The van der Waals surface area contributed by atoms with Crippen molar-refractivity contribution < 1.29 is 9.13 Å². The number of rotatable bonds is 2. The number of anilines is 1. The number of aromatic nitrogens is 4. The highest BCUT2D eigenvalue weighted by atomic mass is 35.5. The summed E-state index contributed by atoms with van der Waals surface area (Å²) in [4.78, 5) is 4.38. The van der Waals surface area contributed by atoms with Crippen LogP contribution in [0.25, 0.3) is 27.6 Å². The van der Waals surface area contributed by atoms with Crippen molar-refractivity contribution in [3.05, 3.63) is 46.5 Å². The van der Waals surface area contributed by atoms with Crippen LogP contribution in [0.5, 0.6) is 0 Å². The van der Waals surface area contributed by atoms with E-state index in [4.69, 9.17) is 22.1 Å². The van der Waals surface area contributed by atoms with Crippen molar-refractivity contribution in [2.24, 2.45) is 0 Å². The van der Waals surface area contributed by atoms with Crippen LogP contribution in [0.2, 0.25) is 5.15 Å². The summed E-state index contributed by atoms with van der Waals surface area (Å²) in [5.74, 6) is -0.226. The third kappa shape index (κ3) is 2.66. The molecule has 0 aliphatic carbocycles. The molecule has 1 aliphatic rings. The van der Waals surface area contributed by atoms with Gasteiger partial charge in [0.1, 0.15) is 34.1 Å². The summed E-state index contributed by atoms with van der Waals surface area (Å²) in [6, 6.07) is 6.88. The smallest absolute Gasteiger partial charge is 0.150 e. The van der Waals surface area contributed by atoms with Gasteiger partial charge in [0.15, 0.2) is 6.23 Å². The summed E-state index contributed by atoms with van der Waals surface area (Å²) in [5, 5.41) is 15.6. The van der Waals surface area contributed by atoms with Crippen LogP contribution >= 0.6 is 11.6 Å². The minimum atomic E-state index is -0.406. The number of benzene rings is 1. The van der Waals surface area contributed by atoms with Gasteiger partial charge in [-0.05, 0) is 38.3 Å². The van der Waals surface area contributed by atoms with Crippen LogP contribution in [0.3, 0.4) is 0 Å². The van der Waals surface area contributed by atoms with Gasteiger partial charge in [-0.15, -0.1) is 0 Å². The molecular formula is C21H18ClFN6O. The number of pyridine rings is 1. The van der Waals surface area contributed by atoms with Gasteiger partial charge in [-0.2, -0.15) is 10.4 Å². The molecular weight excluding hydrogens is 407 g/mol. The Hall–Kier alpha value is -3.15. The maximum atomic E-state index is 15.1. The zero-order valence-electron chi connectivity index (χ0n) is 16.2. The molecule has 0 spiro atoms. The number of nitrogen functional groups attached to an aromatic ring is 1. The predicted octanol–water partition coefficient (Wildman–Crippen LogP) is 4.63. The van der Waals surface area contributed by atoms with Crippen molar-refractivity contribution in [1.82, 2.24) is 19.3 Å². The molecule has 7 nitrogen and oxygen atoms in total. The molecule has 152 valence electrons. The van der Waals surface area contributed by atoms with Gasteiger partial charge in [-0.3, -0.25) is 4.57 Å². The van der Waals surface area contributed by atoms with E-state index in [1.54, 1.807) is 34.5 Å². The molecule has 4 heterocycles. The first-order valence-electron chi connectivity index (χ1n) is 9.66. The molecule has 0 saturated carbocycles. The topological polar surface area (TPSA) is 94.7 Å². The number of halogens is 2. The molecule has 30 heavy (non-hydrogen) atoms. The molecule has 3 aromatic heterocycles. The number of fused-ring (bicyclic) bond motifs is 2. The summed E-state index contributed by atoms with van der Waals surface area (Å²) in [6.45, 7) is 2.32. The number of ether oxygens (including phenoxy) is 1. The molecule has 0 bridgehead atoms. The van der Waals surface area contributed by atoms with E-state index < -0.39 is 5.82 Å². The van der Waals surface area contributed by atoms with Crippen molar-refractivity contribution in [2.45, 2.75) is 32.4 Å². The first-order chi connectivity index (χ1) is 14.5.